The predicted octanol–water partition coefficient (Wildman–Crippen LogP) is 3.28. The zero-order valence-corrected chi connectivity index (χ0v) is 8.95. The summed E-state index contributed by atoms with van der Waals surface area (Å²) in [6.07, 6.45) is 11.0. The Bertz CT molecular complexity index is 364. The molecular weight excluding hydrogens is 182 g/mol. The third-order valence-electron chi connectivity index (χ3n) is 2.10. The molecule has 0 atom stereocenters. The summed E-state index contributed by atoms with van der Waals surface area (Å²) in [5.74, 6) is 0. The van der Waals surface area contributed by atoms with E-state index in [0.717, 1.165) is 24.1 Å². The van der Waals surface area contributed by atoms with E-state index < -0.39 is 0 Å². The third kappa shape index (κ3) is 3.21. The van der Waals surface area contributed by atoms with Gasteiger partial charge in [-0.3, -0.25) is 4.98 Å². The maximum Gasteiger partial charge on any atom is 0.0444 e. The first-order valence-corrected chi connectivity index (χ1v) is 4.97. The number of nitrogens with zero attached hydrogens (tertiary/aromatic N) is 1. The summed E-state index contributed by atoms with van der Waals surface area (Å²) in [6, 6.07) is 2.10. The maximum absolute atomic E-state index is 4.35. The molecular formula is C14H16N. The first-order valence-electron chi connectivity index (χ1n) is 4.97. The molecule has 1 rings (SSSR count). The van der Waals surface area contributed by atoms with E-state index in [-0.39, 0.29) is 0 Å². The van der Waals surface area contributed by atoms with Gasteiger partial charge in [-0.25, -0.2) is 0 Å². The molecule has 0 aliphatic rings. The molecule has 0 spiro atoms. The van der Waals surface area contributed by atoms with Crippen molar-refractivity contribution in [3.05, 3.63) is 73.5 Å². The second-order valence-electron chi connectivity index (χ2n) is 3.26. The molecule has 0 saturated heterocycles. The molecule has 1 radical (unpaired) electrons. The lowest BCUT2D eigenvalue weighted by Gasteiger charge is -2.06. The van der Waals surface area contributed by atoms with Crippen LogP contribution in [-0.4, -0.2) is 4.98 Å². The molecule has 0 unspecified atom stereocenters. The van der Waals surface area contributed by atoms with Crippen LogP contribution in [-0.2, 0) is 12.8 Å². The van der Waals surface area contributed by atoms with Crippen molar-refractivity contribution in [2.45, 2.75) is 12.8 Å². The van der Waals surface area contributed by atoms with Crippen LogP contribution < -0.4 is 0 Å². The molecule has 77 valence electrons. The summed E-state index contributed by atoms with van der Waals surface area (Å²) < 4.78 is 0. The van der Waals surface area contributed by atoms with Crippen molar-refractivity contribution in [1.82, 2.24) is 4.98 Å². The van der Waals surface area contributed by atoms with Crippen molar-refractivity contribution in [2.24, 2.45) is 0 Å². The van der Waals surface area contributed by atoms with Gasteiger partial charge in [0.05, 0.1) is 0 Å². The standard InChI is InChI=1S/C14H16N/c1-4-7-12-10-14(9-6-3)15-11-13(12)8-5-2/h4-6,8,10-11H,1-3,7,9H2. The van der Waals surface area contributed by atoms with Gasteiger partial charge in [-0.1, -0.05) is 18.2 Å². The summed E-state index contributed by atoms with van der Waals surface area (Å²) in [6.45, 7) is 11.1. The minimum Gasteiger partial charge on any atom is -0.261 e. The van der Waals surface area contributed by atoms with Crippen molar-refractivity contribution < 1.29 is 0 Å². The van der Waals surface area contributed by atoms with Crippen LogP contribution in [0.15, 0.2) is 50.2 Å². The normalized spacial score (nSPS) is 9.60. The van der Waals surface area contributed by atoms with Gasteiger partial charge >= 0.3 is 0 Å². The Balaban J connectivity index is 3.01. The van der Waals surface area contributed by atoms with Crippen molar-refractivity contribution in [3.8, 4) is 0 Å². The van der Waals surface area contributed by atoms with Crippen LogP contribution in [0.4, 0.5) is 0 Å². The van der Waals surface area contributed by atoms with E-state index >= 15 is 0 Å². The van der Waals surface area contributed by atoms with Gasteiger partial charge in [-0.05, 0) is 23.6 Å². The molecule has 1 heterocycles. The minimum atomic E-state index is 0.804. The number of aromatic nitrogens is 1. The van der Waals surface area contributed by atoms with Gasteiger partial charge < -0.3 is 0 Å². The van der Waals surface area contributed by atoms with Gasteiger partial charge in [0.15, 0.2) is 0 Å². The van der Waals surface area contributed by atoms with Crippen LogP contribution in [0.5, 0.6) is 0 Å². The van der Waals surface area contributed by atoms with E-state index in [1.54, 1.807) is 6.08 Å². The number of allylic oxidation sites excluding steroid dienone is 3. The predicted molar refractivity (Wildman–Crippen MR) is 65.6 cm³/mol. The average molecular weight is 198 g/mol. The molecule has 0 amide bonds. The van der Waals surface area contributed by atoms with E-state index in [9.17, 15) is 0 Å². The Morgan fingerprint density at radius 2 is 1.87 bits per heavy atom. The quantitative estimate of drug-likeness (QED) is 0.639. The summed E-state index contributed by atoms with van der Waals surface area (Å²) >= 11 is 0. The molecule has 1 heteroatoms. The highest BCUT2D eigenvalue weighted by molar-refractivity contribution is 5.36. The fourth-order valence-corrected chi connectivity index (χ4v) is 1.43. The van der Waals surface area contributed by atoms with E-state index in [0.29, 0.717) is 0 Å². The monoisotopic (exact) mass is 198 g/mol. The molecule has 0 saturated carbocycles. The van der Waals surface area contributed by atoms with Gasteiger partial charge in [0.25, 0.3) is 0 Å². The van der Waals surface area contributed by atoms with E-state index in [4.69, 9.17) is 0 Å². The Hall–Kier alpha value is -1.63. The van der Waals surface area contributed by atoms with Crippen LogP contribution in [0.25, 0.3) is 0 Å². The van der Waals surface area contributed by atoms with Gasteiger partial charge in [0.1, 0.15) is 0 Å². The third-order valence-corrected chi connectivity index (χ3v) is 2.10. The van der Waals surface area contributed by atoms with Gasteiger partial charge in [-0.15, -0.1) is 19.7 Å². The highest BCUT2D eigenvalue weighted by atomic mass is 14.7. The van der Waals surface area contributed by atoms with E-state index in [1.807, 2.05) is 24.8 Å². The number of pyridine rings is 1. The lowest BCUT2D eigenvalue weighted by atomic mass is 10.0. The molecule has 0 aliphatic heterocycles. The van der Waals surface area contributed by atoms with Crippen LogP contribution in [0.2, 0.25) is 0 Å². The lowest BCUT2D eigenvalue weighted by Crippen LogP contribution is -1.96. The SMILES string of the molecule is C=C[CH]c1cnc(CC=C)cc1CC=C. The number of hydrogen-bond donors (Lipinski definition) is 0. The first-order chi connectivity index (χ1) is 7.31. The molecule has 0 aromatic carbocycles. The van der Waals surface area contributed by atoms with E-state index in [2.05, 4.69) is 30.8 Å². The number of rotatable bonds is 6. The first kappa shape index (κ1) is 11.4. The van der Waals surface area contributed by atoms with Crippen molar-refractivity contribution >= 4 is 0 Å². The summed E-state index contributed by atoms with van der Waals surface area (Å²) in [5, 5.41) is 0. The molecule has 0 fully saturated rings. The summed E-state index contributed by atoms with van der Waals surface area (Å²) in [5.41, 5.74) is 3.39. The second kappa shape index (κ2) is 5.97. The van der Waals surface area contributed by atoms with Crippen molar-refractivity contribution in [1.29, 1.82) is 0 Å². The molecule has 0 aliphatic carbocycles. The average Bonchev–Trinajstić information content (AvgIpc) is 2.23. The smallest absolute Gasteiger partial charge is 0.0444 e. The fraction of sp³-hybridized carbons (Fsp3) is 0.143. The highest BCUT2D eigenvalue weighted by Gasteiger charge is 2.02. The summed E-state index contributed by atoms with van der Waals surface area (Å²) in [7, 11) is 0. The molecule has 1 aromatic heterocycles. The van der Waals surface area contributed by atoms with Crippen LogP contribution in [0.1, 0.15) is 16.8 Å². The van der Waals surface area contributed by atoms with Crippen molar-refractivity contribution in [2.75, 3.05) is 0 Å². The fourth-order valence-electron chi connectivity index (χ4n) is 1.43. The minimum absolute atomic E-state index is 0.804. The van der Waals surface area contributed by atoms with Gasteiger partial charge in [0.2, 0.25) is 0 Å². The van der Waals surface area contributed by atoms with Crippen LogP contribution >= 0.6 is 0 Å². The number of hydrogen-bond acceptors (Lipinski definition) is 1. The van der Waals surface area contributed by atoms with Crippen molar-refractivity contribution in [3.63, 3.8) is 0 Å². The summed E-state index contributed by atoms with van der Waals surface area (Å²) in [4.78, 5) is 4.35. The Kier molecular flexibility index (Phi) is 4.55. The molecule has 1 aromatic rings. The van der Waals surface area contributed by atoms with Crippen LogP contribution in [0, 0.1) is 6.42 Å². The second-order valence-corrected chi connectivity index (χ2v) is 3.26. The van der Waals surface area contributed by atoms with Crippen LogP contribution in [0.3, 0.4) is 0 Å². The molecule has 0 N–H and O–H groups in total. The van der Waals surface area contributed by atoms with Gasteiger partial charge in [-0.2, -0.15) is 0 Å². The maximum atomic E-state index is 4.35. The largest absolute Gasteiger partial charge is 0.261 e. The highest BCUT2D eigenvalue weighted by Crippen LogP contribution is 2.14. The zero-order chi connectivity index (χ0) is 11.1. The Morgan fingerprint density at radius 1 is 1.13 bits per heavy atom. The topological polar surface area (TPSA) is 12.9 Å². The lowest BCUT2D eigenvalue weighted by molar-refractivity contribution is 1.06. The molecule has 15 heavy (non-hydrogen) atoms. The van der Waals surface area contributed by atoms with E-state index in [1.165, 1.54) is 5.56 Å². The Labute approximate surface area is 91.9 Å². The zero-order valence-electron chi connectivity index (χ0n) is 8.95. The Morgan fingerprint density at radius 3 is 2.47 bits per heavy atom. The van der Waals surface area contributed by atoms with Gasteiger partial charge in [0, 0.05) is 24.7 Å². The molecule has 0 bridgehead atoms. The molecule has 1 nitrogen and oxygen atoms in total.